The van der Waals surface area contributed by atoms with E-state index in [0.29, 0.717) is 0 Å². The number of hydrogen-bond acceptors (Lipinski definition) is 4. The molecule has 0 saturated carbocycles. The monoisotopic (exact) mass is 407 g/mol. The van der Waals surface area contributed by atoms with Gasteiger partial charge < -0.3 is 15.8 Å². The molecule has 0 aromatic rings. The van der Waals surface area contributed by atoms with Crippen molar-refractivity contribution in [1.82, 2.24) is 5.32 Å². The van der Waals surface area contributed by atoms with Crippen LogP contribution in [0.2, 0.25) is 0 Å². The molecule has 0 aromatic heterocycles. The molecule has 0 atom stereocenters. The van der Waals surface area contributed by atoms with Gasteiger partial charge in [0.15, 0.2) is 0 Å². The van der Waals surface area contributed by atoms with Gasteiger partial charge in [0.25, 0.3) is 0 Å². The lowest BCUT2D eigenvalue weighted by molar-refractivity contribution is -0.0926. The molecular formula is C11H17F3IN3O2. The van der Waals surface area contributed by atoms with Gasteiger partial charge in [-0.3, -0.25) is 4.99 Å². The Bertz CT molecular complexity index is 401. The summed E-state index contributed by atoms with van der Waals surface area (Å²) in [6, 6.07) is 0. The van der Waals surface area contributed by atoms with Crippen molar-refractivity contribution in [3.8, 4) is 0 Å². The van der Waals surface area contributed by atoms with Gasteiger partial charge in [-0.05, 0) is 43.4 Å². The maximum absolute atomic E-state index is 12.2. The Morgan fingerprint density at radius 1 is 1.40 bits per heavy atom. The Morgan fingerprint density at radius 3 is 2.40 bits per heavy atom. The molecule has 0 aromatic carbocycles. The maximum atomic E-state index is 12.2. The number of nitrogens with zero attached hydrogens (tertiary/aromatic N) is 1. The fourth-order valence-corrected chi connectivity index (χ4v) is 1.39. The van der Waals surface area contributed by atoms with Gasteiger partial charge in [-0.15, -0.1) is 0 Å². The van der Waals surface area contributed by atoms with Gasteiger partial charge in [-0.25, -0.2) is 4.79 Å². The summed E-state index contributed by atoms with van der Waals surface area (Å²) in [5.74, 6) is 0. The van der Waals surface area contributed by atoms with Crippen molar-refractivity contribution in [3.63, 3.8) is 0 Å². The van der Waals surface area contributed by atoms with E-state index in [4.69, 9.17) is 10.5 Å². The van der Waals surface area contributed by atoms with Crippen LogP contribution in [-0.4, -0.2) is 37.2 Å². The lowest BCUT2D eigenvalue weighted by Crippen LogP contribution is -2.33. The molecule has 9 heteroatoms. The summed E-state index contributed by atoms with van der Waals surface area (Å²) in [5.41, 5.74) is 3.10. The minimum absolute atomic E-state index is 0.122. The highest BCUT2D eigenvalue weighted by atomic mass is 127. The molecule has 0 spiro atoms. The predicted molar refractivity (Wildman–Crippen MR) is 78.9 cm³/mol. The second-order valence-electron chi connectivity index (χ2n) is 4.72. The molecule has 1 amide bonds. The molecule has 20 heavy (non-hydrogen) atoms. The molecule has 0 radical (unpaired) electrons. The van der Waals surface area contributed by atoms with Gasteiger partial charge in [0.2, 0.25) is 0 Å². The number of halogens is 4. The molecule has 0 fully saturated rings. The number of alkyl halides is 3. The highest BCUT2D eigenvalue weighted by Gasteiger charge is 2.33. The van der Waals surface area contributed by atoms with Crippen LogP contribution in [0.1, 0.15) is 20.8 Å². The zero-order chi connectivity index (χ0) is 16.0. The summed E-state index contributed by atoms with van der Waals surface area (Å²) < 4.78 is 41.4. The number of carbonyl (C=O) groups is 1. The Morgan fingerprint density at radius 2 is 1.95 bits per heavy atom. The number of allylic oxidation sites excluding steroid dienone is 2. The fourth-order valence-electron chi connectivity index (χ4n) is 0.886. The first-order valence-corrected chi connectivity index (χ1v) is 6.70. The number of aliphatic imine (C=N–C) groups is 1. The molecule has 5 nitrogen and oxygen atoms in total. The van der Waals surface area contributed by atoms with Crippen molar-refractivity contribution in [2.75, 3.05) is 13.1 Å². The molecule has 0 aliphatic carbocycles. The number of hydrogen-bond donors (Lipinski definition) is 2. The van der Waals surface area contributed by atoms with E-state index in [1.807, 2.05) is 0 Å². The molecule has 0 heterocycles. The van der Waals surface area contributed by atoms with Crippen LogP contribution in [0.4, 0.5) is 18.0 Å². The lowest BCUT2D eigenvalue weighted by atomic mass is 10.2. The summed E-state index contributed by atoms with van der Waals surface area (Å²) in [4.78, 5) is 15.0. The second-order valence-corrected chi connectivity index (χ2v) is 5.89. The fraction of sp³-hybridized carbons (Fsp3) is 0.636. The van der Waals surface area contributed by atoms with Crippen molar-refractivity contribution in [1.29, 1.82) is 0 Å². The number of alkyl carbamates (subject to hydrolysis) is 1. The lowest BCUT2D eigenvalue weighted by Gasteiger charge is -2.19. The zero-order valence-corrected chi connectivity index (χ0v) is 13.5. The standard InChI is InChI=1S/C11H17F3IN3O2/c1-10(2,3)20-9(19)18-5-4-17-6-7(15)8(16)11(12,13)14/h6H,4-5,16H2,1-3H3,(H,18,19). The van der Waals surface area contributed by atoms with E-state index in [2.05, 4.69) is 10.3 Å². The number of nitrogens with two attached hydrogens (primary N) is 1. The minimum Gasteiger partial charge on any atom is -0.444 e. The van der Waals surface area contributed by atoms with Crippen LogP contribution < -0.4 is 11.1 Å². The first kappa shape index (κ1) is 19.0. The normalized spacial score (nSPS) is 14.2. The van der Waals surface area contributed by atoms with E-state index in [-0.39, 0.29) is 16.7 Å². The average Bonchev–Trinajstić information content (AvgIpc) is 2.23. The molecule has 0 unspecified atom stereocenters. The first-order chi connectivity index (χ1) is 8.93. The highest BCUT2D eigenvalue weighted by molar-refractivity contribution is 14.1. The van der Waals surface area contributed by atoms with E-state index in [1.54, 1.807) is 20.8 Å². The van der Waals surface area contributed by atoms with Gasteiger partial charge in [-0.2, -0.15) is 13.2 Å². The second kappa shape index (κ2) is 7.70. The van der Waals surface area contributed by atoms with Gasteiger partial charge in [-0.1, -0.05) is 0 Å². The van der Waals surface area contributed by atoms with Crippen molar-refractivity contribution in [2.45, 2.75) is 32.5 Å². The van der Waals surface area contributed by atoms with Crippen LogP contribution in [0, 0.1) is 0 Å². The van der Waals surface area contributed by atoms with Gasteiger partial charge >= 0.3 is 12.3 Å². The van der Waals surface area contributed by atoms with Crippen LogP contribution in [0.25, 0.3) is 0 Å². The number of rotatable bonds is 4. The molecule has 0 rings (SSSR count). The van der Waals surface area contributed by atoms with Crippen LogP contribution >= 0.6 is 22.6 Å². The van der Waals surface area contributed by atoms with E-state index < -0.39 is 23.6 Å². The molecule has 0 aliphatic heterocycles. The van der Waals surface area contributed by atoms with E-state index >= 15 is 0 Å². The summed E-state index contributed by atoms with van der Waals surface area (Å²) in [7, 11) is 0. The SMILES string of the molecule is CC(C)(C)OC(=O)NCCN=CC(I)=C(N)C(F)(F)F. The zero-order valence-electron chi connectivity index (χ0n) is 11.3. The quantitative estimate of drug-likeness (QED) is 0.428. The Labute approximate surface area is 129 Å². The van der Waals surface area contributed by atoms with Crippen LogP contribution in [0.3, 0.4) is 0 Å². The third kappa shape index (κ3) is 8.99. The van der Waals surface area contributed by atoms with Gasteiger partial charge in [0, 0.05) is 12.8 Å². The number of nitrogens with one attached hydrogen (secondary N) is 1. The largest absolute Gasteiger partial charge is 0.444 e. The Kier molecular flexibility index (Phi) is 7.31. The van der Waals surface area contributed by atoms with Gasteiger partial charge in [0.05, 0.1) is 10.1 Å². The summed E-state index contributed by atoms with van der Waals surface area (Å²) >= 11 is 1.45. The number of amides is 1. The summed E-state index contributed by atoms with van der Waals surface area (Å²) in [5, 5.41) is 2.43. The van der Waals surface area contributed by atoms with Crippen LogP contribution in [-0.2, 0) is 4.74 Å². The van der Waals surface area contributed by atoms with Crippen LogP contribution in [0.5, 0.6) is 0 Å². The van der Waals surface area contributed by atoms with Crippen molar-refractivity contribution in [3.05, 3.63) is 9.28 Å². The van der Waals surface area contributed by atoms with Crippen LogP contribution in [0.15, 0.2) is 14.3 Å². The summed E-state index contributed by atoms with van der Waals surface area (Å²) in [6.45, 7) is 5.44. The highest BCUT2D eigenvalue weighted by Crippen LogP contribution is 2.25. The molecule has 0 saturated heterocycles. The first-order valence-electron chi connectivity index (χ1n) is 5.62. The predicted octanol–water partition coefficient (Wildman–Crippen LogP) is 2.75. The maximum Gasteiger partial charge on any atom is 0.431 e. The van der Waals surface area contributed by atoms with Crippen molar-refractivity contribution < 1.29 is 22.7 Å². The minimum atomic E-state index is -4.57. The van der Waals surface area contributed by atoms with Crippen molar-refractivity contribution in [2.24, 2.45) is 10.7 Å². The Hall–Kier alpha value is -1.00. The molecular weight excluding hydrogens is 390 g/mol. The topological polar surface area (TPSA) is 76.7 Å². The summed E-state index contributed by atoms with van der Waals surface area (Å²) in [6.07, 6.45) is -4.16. The van der Waals surface area contributed by atoms with E-state index in [9.17, 15) is 18.0 Å². The van der Waals surface area contributed by atoms with Crippen molar-refractivity contribution >= 4 is 34.9 Å². The number of carbonyl (C=O) groups excluding carboxylic acids is 1. The third-order valence-electron chi connectivity index (χ3n) is 1.68. The molecule has 0 bridgehead atoms. The molecule has 3 N–H and O–H groups in total. The smallest absolute Gasteiger partial charge is 0.431 e. The number of ether oxygens (including phenoxy) is 1. The third-order valence-corrected chi connectivity index (χ3v) is 2.54. The molecule has 0 aliphatic rings. The van der Waals surface area contributed by atoms with Gasteiger partial charge in [0.1, 0.15) is 11.3 Å². The Balaban J connectivity index is 4.14. The molecule has 116 valence electrons. The van der Waals surface area contributed by atoms with E-state index in [0.717, 1.165) is 6.21 Å². The average molecular weight is 407 g/mol. The van der Waals surface area contributed by atoms with E-state index in [1.165, 1.54) is 22.6 Å².